The predicted octanol–water partition coefficient (Wildman–Crippen LogP) is 3.23. The standard InChI is InChI=1S/C21H24N2O3/c1-15-9-11-16(12-10-15)26-14-4-8-20(24)23-13-3-6-17-18(21(22)25)5-2-7-19(17)23/h2,5,7,9-12H,3-4,6,8,13-14H2,1H3,(H2,22,25). The molecule has 136 valence electrons. The van der Waals surface area contributed by atoms with Crippen LogP contribution in [0.15, 0.2) is 42.5 Å². The molecule has 1 heterocycles. The van der Waals surface area contributed by atoms with Gasteiger partial charge in [0.05, 0.1) is 6.61 Å². The minimum absolute atomic E-state index is 0.0556. The van der Waals surface area contributed by atoms with Crippen LogP contribution in [0, 0.1) is 6.92 Å². The Bertz CT molecular complexity index is 799. The van der Waals surface area contributed by atoms with Crippen molar-refractivity contribution in [2.24, 2.45) is 5.73 Å². The average molecular weight is 352 g/mol. The van der Waals surface area contributed by atoms with E-state index in [1.807, 2.05) is 37.3 Å². The van der Waals surface area contributed by atoms with Gasteiger partial charge in [-0.2, -0.15) is 0 Å². The minimum Gasteiger partial charge on any atom is -0.494 e. The van der Waals surface area contributed by atoms with E-state index in [1.54, 1.807) is 17.0 Å². The molecular weight excluding hydrogens is 328 g/mol. The van der Waals surface area contributed by atoms with Gasteiger partial charge in [-0.1, -0.05) is 23.8 Å². The van der Waals surface area contributed by atoms with Gasteiger partial charge in [-0.3, -0.25) is 9.59 Å². The predicted molar refractivity (Wildman–Crippen MR) is 102 cm³/mol. The number of amides is 2. The number of carbonyl (C=O) groups excluding carboxylic acids is 2. The van der Waals surface area contributed by atoms with Gasteiger partial charge < -0.3 is 15.4 Å². The molecule has 2 N–H and O–H groups in total. The Morgan fingerprint density at radius 2 is 1.92 bits per heavy atom. The first-order chi connectivity index (χ1) is 12.6. The summed E-state index contributed by atoms with van der Waals surface area (Å²) in [6.45, 7) is 3.20. The topological polar surface area (TPSA) is 72.6 Å². The third-order valence-electron chi connectivity index (χ3n) is 4.64. The van der Waals surface area contributed by atoms with Crippen LogP contribution in [0.25, 0.3) is 0 Å². The number of hydrogen-bond acceptors (Lipinski definition) is 3. The van der Waals surface area contributed by atoms with Gasteiger partial charge in [0.25, 0.3) is 0 Å². The zero-order valence-corrected chi connectivity index (χ0v) is 15.0. The number of fused-ring (bicyclic) bond motifs is 1. The molecular formula is C21H24N2O3. The van der Waals surface area contributed by atoms with E-state index in [1.165, 1.54) is 5.56 Å². The molecule has 2 amide bonds. The molecule has 3 rings (SSSR count). The molecule has 0 spiro atoms. The first kappa shape index (κ1) is 18.0. The van der Waals surface area contributed by atoms with Gasteiger partial charge in [-0.05, 0) is 56.0 Å². The molecule has 2 aromatic carbocycles. The summed E-state index contributed by atoms with van der Waals surface area (Å²) in [4.78, 5) is 26.0. The fraction of sp³-hybridized carbons (Fsp3) is 0.333. The minimum atomic E-state index is -0.442. The van der Waals surface area contributed by atoms with Crippen molar-refractivity contribution < 1.29 is 14.3 Å². The van der Waals surface area contributed by atoms with Crippen LogP contribution in [-0.2, 0) is 11.2 Å². The Morgan fingerprint density at radius 1 is 1.15 bits per heavy atom. The Hall–Kier alpha value is -2.82. The van der Waals surface area contributed by atoms with Crippen molar-refractivity contribution >= 4 is 17.5 Å². The zero-order valence-electron chi connectivity index (χ0n) is 15.0. The summed E-state index contributed by atoms with van der Waals surface area (Å²) in [5.41, 5.74) is 8.87. The quantitative estimate of drug-likeness (QED) is 0.811. The summed E-state index contributed by atoms with van der Waals surface area (Å²) in [6, 6.07) is 13.3. The summed E-state index contributed by atoms with van der Waals surface area (Å²) >= 11 is 0. The van der Waals surface area contributed by atoms with Crippen molar-refractivity contribution in [2.45, 2.75) is 32.6 Å². The SMILES string of the molecule is Cc1ccc(OCCCC(=O)N2CCCc3c(C(N)=O)cccc32)cc1. The molecule has 1 aliphatic rings. The van der Waals surface area contributed by atoms with E-state index in [4.69, 9.17) is 10.5 Å². The van der Waals surface area contributed by atoms with E-state index in [9.17, 15) is 9.59 Å². The molecule has 0 fully saturated rings. The van der Waals surface area contributed by atoms with Crippen LogP contribution in [0.1, 0.15) is 40.7 Å². The molecule has 26 heavy (non-hydrogen) atoms. The summed E-state index contributed by atoms with van der Waals surface area (Å²) in [5.74, 6) is 0.431. The average Bonchev–Trinajstić information content (AvgIpc) is 2.65. The van der Waals surface area contributed by atoms with Crippen LogP contribution >= 0.6 is 0 Å². The second-order valence-corrected chi connectivity index (χ2v) is 6.58. The maximum Gasteiger partial charge on any atom is 0.249 e. The molecule has 1 aliphatic heterocycles. The zero-order chi connectivity index (χ0) is 18.5. The van der Waals surface area contributed by atoms with Crippen molar-refractivity contribution in [1.82, 2.24) is 0 Å². The van der Waals surface area contributed by atoms with E-state index < -0.39 is 5.91 Å². The summed E-state index contributed by atoms with van der Waals surface area (Å²) in [5, 5.41) is 0. The number of primary amides is 1. The van der Waals surface area contributed by atoms with Crippen LogP contribution in [0.3, 0.4) is 0 Å². The summed E-state index contributed by atoms with van der Waals surface area (Å²) in [7, 11) is 0. The summed E-state index contributed by atoms with van der Waals surface area (Å²) in [6.07, 6.45) is 2.66. The molecule has 5 heteroatoms. The van der Waals surface area contributed by atoms with Crippen LogP contribution in [0.5, 0.6) is 5.75 Å². The van der Waals surface area contributed by atoms with E-state index in [-0.39, 0.29) is 5.91 Å². The number of anilines is 1. The lowest BCUT2D eigenvalue weighted by Gasteiger charge is -2.30. The fourth-order valence-electron chi connectivity index (χ4n) is 3.30. The molecule has 0 aliphatic carbocycles. The van der Waals surface area contributed by atoms with Crippen molar-refractivity contribution in [3.05, 3.63) is 59.2 Å². The van der Waals surface area contributed by atoms with Crippen LogP contribution in [0.4, 0.5) is 5.69 Å². The second kappa shape index (κ2) is 8.04. The van der Waals surface area contributed by atoms with E-state index in [0.717, 1.165) is 29.8 Å². The van der Waals surface area contributed by atoms with Crippen LogP contribution < -0.4 is 15.4 Å². The van der Waals surface area contributed by atoms with Gasteiger partial charge in [0.1, 0.15) is 5.75 Å². The first-order valence-electron chi connectivity index (χ1n) is 8.98. The number of rotatable bonds is 6. The highest BCUT2D eigenvalue weighted by atomic mass is 16.5. The molecule has 0 unspecified atom stereocenters. The van der Waals surface area contributed by atoms with Gasteiger partial charge in [0, 0.05) is 24.2 Å². The van der Waals surface area contributed by atoms with Crippen molar-refractivity contribution in [2.75, 3.05) is 18.1 Å². The third kappa shape index (κ3) is 4.04. The molecule has 2 aromatic rings. The van der Waals surface area contributed by atoms with Gasteiger partial charge in [-0.25, -0.2) is 0 Å². The maximum atomic E-state index is 12.7. The lowest BCUT2D eigenvalue weighted by atomic mass is 9.95. The molecule has 0 saturated heterocycles. The molecule has 5 nitrogen and oxygen atoms in total. The Balaban J connectivity index is 1.58. The molecule has 0 saturated carbocycles. The highest BCUT2D eigenvalue weighted by Gasteiger charge is 2.25. The molecule has 0 aromatic heterocycles. The first-order valence-corrected chi connectivity index (χ1v) is 8.98. The van der Waals surface area contributed by atoms with Crippen LogP contribution in [0.2, 0.25) is 0 Å². The summed E-state index contributed by atoms with van der Waals surface area (Å²) < 4.78 is 5.69. The number of benzene rings is 2. The van der Waals surface area contributed by atoms with Crippen LogP contribution in [-0.4, -0.2) is 25.0 Å². The monoisotopic (exact) mass is 352 g/mol. The van der Waals surface area contributed by atoms with Gasteiger partial charge >= 0.3 is 0 Å². The van der Waals surface area contributed by atoms with Crippen molar-refractivity contribution in [3.8, 4) is 5.75 Å². The van der Waals surface area contributed by atoms with Gasteiger partial charge in [-0.15, -0.1) is 0 Å². The smallest absolute Gasteiger partial charge is 0.249 e. The number of ether oxygens (including phenoxy) is 1. The highest BCUT2D eigenvalue weighted by Crippen LogP contribution is 2.30. The largest absolute Gasteiger partial charge is 0.494 e. The Labute approximate surface area is 153 Å². The normalized spacial score (nSPS) is 13.2. The van der Waals surface area contributed by atoms with Gasteiger partial charge in [0.15, 0.2) is 0 Å². The lowest BCUT2D eigenvalue weighted by molar-refractivity contribution is -0.118. The number of nitrogens with zero attached hydrogens (tertiary/aromatic N) is 1. The maximum absolute atomic E-state index is 12.7. The van der Waals surface area contributed by atoms with Crippen molar-refractivity contribution in [3.63, 3.8) is 0 Å². The van der Waals surface area contributed by atoms with Gasteiger partial charge in [0.2, 0.25) is 11.8 Å². The number of nitrogens with two attached hydrogens (primary N) is 1. The Morgan fingerprint density at radius 3 is 2.65 bits per heavy atom. The third-order valence-corrected chi connectivity index (χ3v) is 4.64. The number of carbonyl (C=O) groups is 2. The fourth-order valence-corrected chi connectivity index (χ4v) is 3.30. The second-order valence-electron chi connectivity index (χ2n) is 6.58. The van der Waals surface area contributed by atoms with E-state index in [0.29, 0.717) is 31.6 Å². The molecule has 0 atom stereocenters. The number of aryl methyl sites for hydroxylation is 1. The lowest BCUT2D eigenvalue weighted by Crippen LogP contribution is -2.36. The number of hydrogen-bond donors (Lipinski definition) is 1. The Kier molecular flexibility index (Phi) is 5.56. The molecule has 0 bridgehead atoms. The van der Waals surface area contributed by atoms with E-state index >= 15 is 0 Å². The van der Waals surface area contributed by atoms with Crippen molar-refractivity contribution in [1.29, 1.82) is 0 Å². The highest BCUT2D eigenvalue weighted by molar-refractivity contribution is 6.00. The molecule has 0 radical (unpaired) electrons. The van der Waals surface area contributed by atoms with E-state index in [2.05, 4.69) is 0 Å².